The molecule has 0 unspecified atom stereocenters. The molecule has 1 aliphatic heterocycles. The van der Waals surface area contributed by atoms with Gasteiger partial charge < -0.3 is 15.2 Å². The largest absolute Gasteiger partial charge is 0.507 e. The number of hydrogen-bond donors (Lipinski definition) is 3. The van der Waals surface area contributed by atoms with Gasteiger partial charge in [0.25, 0.3) is 0 Å². The maximum absolute atomic E-state index is 14.0. The summed E-state index contributed by atoms with van der Waals surface area (Å²) in [6, 6.07) is 2.65. The van der Waals surface area contributed by atoms with Crippen molar-refractivity contribution in [2.45, 2.75) is 19.3 Å². The summed E-state index contributed by atoms with van der Waals surface area (Å²) in [6.07, 6.45) is 0.563. The second-order valence-electron chi connectivity index (χ2n) is 6.34. The van der Waals surface area contributed by atoms with Crippen LogP contribution in [0.25, 0.3) is 0 Å². The first-order valence-corrected chi connectivity index (χ1v) is 8.89. The molecule has 0 saturated carbocycles. The zero-order valence-electron chi connectivity index (χ0n) is 14.2. The molecule has 25 heavy (non-hydrogen) atoms. The molecule has 1 fully saturated rings. The molecule has 3 N–H and O–H groups in total. The molecular weight excluding hydrogens is 343 g/mol. The number of hydrazone groups is 1. The maximum Gasteiger partial charge on any atom is 0.187 e. The third-order valence-corrected chi connectivity index (χ3v) is 4.80. The van der Waals surface area contributed by atoms with E-state index in [4.69, 9.17) is 17.0 Å². The lowest BCUT2D eigenvalue weighted by molar-refractivity contribution is 0.0389. The Balaban J connectivity index is 1.54. The van der Waals surface area contributed by atoms with Crippen LogP contribution in [0.15, 0.2) is 17.2 Å². The third kappa shape index (κ3) is 4.26. The lowest BCUT2D eigenvalue weighted by Gasteiger charge is -2.26. The lowest BCUT2D eigenvalue weighted by Crippen LogP contribution is -2.42. The number of nitrogens with one attached hydrogen (secondary N) is 2. The average Bonchev–Trinajstić information content (AvgIpc) is 2.95. The van der Waals surface area contributed by atoms with E-state index in [-0.39, 0.29) is 17.5 Å². The zero-order valence-corrected chi connectivity index (χ0v) is 15.0. The second kappa shape index (κ2) is 8.07. The van der Waals surface area contributed by atoms with Gasteiger partial charge in [-0.3, -0.25) is 10.3 Å². The minimum Gasteiger partial charge on any atom is -0.507 e. The number of aromatic hydroxyl groups is 1. The number of ether oxygens (including phenoxy) is 1. The molecule has 136 valence electrons. The predicted octanol–water partition coefficient (Wildman–Crippen LogP) is 1.54. The number of phenols is 1. The molecule has 0 spiro atoms. The van der Waals surface area contributed by atoms with Gasteiger partial charge in [0.05, 0.1) is 18.9 Å². The van der Waals surface area contributed by atoms with Crippen LogP contribution in [0.5, 0.6) is 5.75 Å². The molecule has 1 aromatic carbocycles. The molecule has 0 aromatic heterocycles. The molecule has 3 rings (SSSR count). The van der Waals surface area contributed by atoms with Gasteiger partial charge in [0.1, 0.15) is 11.6 Å². The quantitative estimate of drug-likeness (QED) is 0.555. The molecule has 1 heterocycles. The SMILES string of the molecule is C[C@H]1C/C(=N\NC(=S)NCCN2CCOCC2)c2c(O)ccc(F)c21. The minimum absolute atomic E-state index is 0.0227. The van der Waals surface area contributed by atoms with E-state index in [2.05, 4.69) is 20.7 Å². The highest BCUT2D eigenvalue weighted by Gasteiger charge is 2.30. The van der Waals surface area contributed by atoms with Crippen LogP contribution in [0.2, 0.25) is 0 Å². The molecule has 1 atom stereocenters. The highest BCUT2D eigenvalue weighted by atomic mass is 32.1. The number of rotatable bonds is 4. The second-order valence-corrected chi connectivity index (χ2v) is 6.75. The van der Waals surface area contributed by atoms with E-state index >= 15 is 0 Å². The molecule has 0 amide bonds. The molecule has 0 radical (unpaired) electrons. The van der Waals surface area contributed by atoms with Crippen molar-refractivity contribution in [2.24, 2.45) is 5.10 Å². The maximum atomic E-state index is 14.0. The standard InChI is InChI=1S/C17H23FN4O2S/c1-11-10-13(16-14(23)3-2-12(18)15(11)16)20-21-17(25)19-4-5-22-6-8-24-9-7-22/h2-3,11,23H,4-10H2,1H3,(H2,19,21,25)/b20-13+/t11-/m0/s1. The Labute approximate surface area is 152 Å². The van der Waals surface area contributed by atoms with E-state index in [1.165, 1.54) is 12.1 Å². The topological polar surface area (TPSA) is 69.1 Å². The van der Waals surface area contributed by atoms with Crippen molar-refractivity contribution < 1.29 is 14.2 Å². The molecule has 0 bridgehead atoms. The first-order valence-electron chi connectivity index (χ1n) is 8.48. The fraction of sp³-hybridized carbons (Fsp3) is 0.529. The van der Waals surface area contributed by atoms with Gasteiger partial charge in [0.15, 0.2) is 5.11 Å². The Morgan fingerprint density at radius 2 is 2.20 bits per heavy atom. The van der Waals surface area contributed by atoms with E-state index in [0.717, 1.165) is 32.8 Å². The van der Waals surface area contributed by atoms with Crippen LogP contribution in [0, 0.1) is 5.82 Å². The third-order valence-electron chi connectivity index (χ3n) is 4.56. The summed E-state index contributed by atoms with van der Waals surface area (Å²) in [7, 11) is 0. The fourth-order valence-electron chi connectivity index (χ4n) is 3.27. The van der Waals surface area contributed by atoms with Crippen molar-refractivity contribution in [1.82, 2.24) is 15.6 Å². The van der Waals surface area contributed by atoms with Gasteiger partial charge in [-0.25, -0.2) is 4.39 Å². The molecule has 6 nitrogen and oxygen atoms in total. The van der Waals surface area contributed by atoms with E-state index in [1.54, 1.807) is 0 Å². The zero-order chi connectivity index (χ0) is 17.8. The molecule has 1 aromatic rings. The van der Waals surface area contributed by atoms with Gasteiger partial charge in [0.2, 0.25) is 0 Å². The smallest absolute Gasteiger partial charge is 0.187 e. The van der Waals surface area contributed by atoms with E-state index in [0.29, 0.717) is 34.9 Å². The first kappa shape index (κ1) is 18.0. The molecular formula is C17H23FN4O2S. The molecule has 8 heteroatoms. The van der Waals surface area contributed by atoms with Crippen molar-refractivity contribution in [3.63, 3.8) is 0 Å². The lowest BCUT2D eigenvalue weighted by atomic mass is 10.0. The number of benzene rings is 1. The van der Waals surface area contributed by atoms with Crippen LogP contribution in [0.1, 0.15) is 30.4 Å². The summed E-state index contributed by atoms with van der Waals surface area (Å²) in [5.41, 5.74) is 4.43. The summed E-state index contributed by atoms with van der Waals surface area (Å²) in [6.45, 7) is 6.93. The summed E-state index contributed by atoms with van der Waals surface area (Å²) in [4.78, 5) is 2.31. The molecule has 1 saturated heterocycles. The van der Waals surface area contributed by atoms with E-state index in [1.807, 2.05) is 6.92 Å². The van der Waals surface area contributed by atoms with Gasteiger partial charge >= 0.3 is 0 Å². The number of morpholine rings is 1. The van der Waals surface area contributed by atoms with Gasteiger partial charge in [-0.15, -0.1) is 0 Å². The normalized spacial score (nSPS) is 22.0. The van der Waals surface area contributed by atoms with Crippen LogP contribution in [-0.2, 0) is 4.74 Å². The number of thiocarbonyl (C=S) groups is 1. The summed E-state index contributed by atoms with van der Waals surface area (Å²) in [5, 5.41) is 17.9. The van der Waals surface area contributed by atoms with Gasteiger partial charge in [-0.05, 0) is 36.7 Å². The minimum atomic E-state index is -0.309. The van der Waals surface area contributed by atoms with Crippen molar-refractivity contribution in [1.29, 1.82) is 0 Å². The number of phenolic OH excluding ortho intramolecular Hbond substituents is 1. The Kier molecular flexibility index (Phi) is 5.82. The summed E-state index contributed by atoms with van der Waals surface area (Å²) >= 11 is 5.23. The van der Waals surface area contributed by atoms with Crippen LogP contribution >= 0.6 is 12.2 Å². The average molecular weight is 366 g/mol. The van der Waals surface area contributed by atoms with Gasteiger partial charge in [-0.2, -0.15) is 5.10 Å². The van der Waals surface area contributed by atoms with Crippen LogP contribution < -0.4 is 10.7 Å². The van der Waals surface area contributed by atoms with Crippen LogP contribution in [0.3, 0.4) is 0 Å². The Morgan fingerprint density at radius 3 is 2.96 bits per heavy atom. The highest BCUT2D eigenvalue weighted by molar-refractivity contribution is 7.80. The van der Waals surface area contributed by atoms with Gasteiger partial charge in [0, 0.05) is 37.3 Å². The first-order chi connectivity index (χ1) is 12.1. The van der Waals surface area contributed by atoms with Crippen LogP contribution in [0.4, 0.5) is 4.39 Å². The monoisotopic (exact) mass is 366 g/mol. The van der Waals surface area contributed by atoms with Crippen molar-refractivity contribution in [3.05, 3.63) is 29.1 Å². The Morgan fingerprint density at radius 1 is 1.44 bits per heavy atom. The van der Waals surface area contributed by atoms with E-state index in [9.17, 15) is 9.50 Å². The summed E-state index contributed by atoms with van der Waals surface area (Å²) in [5.74, 6) is -0.283. The highest BCUT2D eigenvalue weighted by Crippen LogP contribution is 2.39. The molecule has 2 aliphatic rings. The number of hydrogen-bond acceptors (Lipinski definition) is 5. The Bertz CT molecular complexity index is 677. The van der Waals surface area contributed by atoms with E-state index < -0.39 is 0 Å². The number of halogens is 1. The summed E-state index contributed by atoms with van der Waals surface area (Å²) < 4.78 is 19.3. The van der Waals surface area contributed by atoms with Crippen molar-refractivity contribution >= 4 is 23.0 Å². The fourth-order valence-corrected chi connectivity index (χ4v) is 3.42. The predicted molar refractivity (Wildman–Crippen MR) is 98.6 cm³/mol. The van der Waals surface area contributed by atoms with Crippen molar-refractivity contribution in [3.8, 4) is 5.75 Å². The van der Waals surface area contributed by atoms with Crippen molar-refractivity contribution in [2.75, 3.05) is 39.4 Å². The molecule has 1 aliphatic carbocycles. The Hall–Kier alpha value is -1.77. The van der Waals surface area contributed by atoms with Gasteiger partial charge in [-0.1, -0.05) is 6.92 Å². The number of fused-ring (bicyclic) bond motifs is 1. The number of nitrogens with zero attached hydrogens (tertiary/aromatic N) is 2. The van der Waals surface area contributed by atoms with Crippen LogP contribution in [-0.4, -0.2) is 60.2 Å².